The van der Waals surface area contributed by atoms with Crippen molar-refractivity contribution in [3.8, 4) is 0 Å². The van der Waals surface area contributed by atoms with Crippen LogP contribution in [-0.4, -0.2) is 31.2 Å². The molecule has 1 fully saturated rings. The molecule has 0 bridgehead atoms. The highest BCUT2D eigenvalue weighted by Gasteiger charge is 2.42. The number of hydrogen-bond donors (Lipinski definition) is 0. The zero-order valence-corrected chi connectivity index (χ0v) is 11.5. The van der Waals surface area contributed by atoms with Crippen molar-refractivity contribution in [3.63, 3.8) is 0 Å². The van der Waals surface area contributed by atoms with Crippen LogP contribution in [0.15, 0.2) is 18.2 Å². The van der Waals surface area contributed by atoms with Crippen LogP contribution in [0.3, 0.4) is 0 Å². The summed E-state index contributed by atoms with van der Waals surface area (Å²) in [6.45, 7) is 3.12. The Balaban J connectivity index is 2.33. The first-order valence-corrected chi connectivity index (χ1v) is 6.68. The fraction of sp³-hybridized carbons (Fsp3) is 0.500. The van der Waals surface area contributed by atoms with Crippen LogP contribution in [0.1, 0.15) is 30.1 Å². The van der Waals surface area contributed by atoms with E-state index >= 15 is 0 Å². The molecule has 0 aromatic heterocycles. The van der Waals surface area contributed by atoms with Gasteiger partial charge in [-0.15, -0.1) is 0 Å². The van der Waals surface area contributed by atoms with Gasteiger partial charge in [0.15, 0.2) is 5.78 Å². The first kappa shape index (κ1) is 14.4. The maximum absolute atomic E-state index is 13.9. The summed E-state index contributed by atoms with van der Waals surface area (Å²) in [6, 6.07) is 4.07. The van der Waals surface area contributed by atoms with E-state index in [4.69, 9.17) is 21.1 Å². The molecule has 0 radical (unpaired) electrons. The van der Waals surface area contributed by atoms with Crippen LogP contribution in [0.2, 0.25) is 5.02 Å². The van der Waals surface area contributed by atoms with E-state index in [0.717, 1.165) is 6.07 Å². The van der Waals surface area contributed by atoms with Gasteiger partial charge in [-0.3, -0.25) is 4.79 Å². The van der Waals surface area contributed by atoms with Gasteiger partial charge in [-0.05, 0) is 25.1 Å². The van der Waals surface area contributed by atoms with E-state index in [0.29, 0.717) is 32.7 Å². The lowest BCUT2D eigenvalue weighted by Gasteiger charge is -2.35. The minimum absolute atomic E-state index is 0.0275. The van der Waals surface area contributed by atoms with Crippen LogP contribution in [0.4, 0.5) is 4.39 Å². The van der Waals surface area contributed by atoms with Gasteiger partial charge in [-0.2, -0.15) is 0 Å². The lowest BCUT2D eigenvalue weighted by molar-refractivity contribution is -0.0823. The van der Waals surface area contributed by atoms with Gasteiger partial charge >= 0.3 is 0 Å². The molecular weight excluding hydrogens is 271 g/mol. The number of hydrogen-bond acceptors (Lipinski definition) is 3. The summed E-state index contributed by atoms with van der Waals surface area (Å²) in [5.74, 6) is -0.935. The predicted octanol–water partition coefficient (Wildman–Crippen LogP) is 3.25. The van der Waals surface area contributed by atoms with Crippen molar-refractivity contribution in [2.75, 3.05) is 19.8 Å². The Labute approximate surface area is 116 Å². The number of Topliss-reactive ketones (excluding diaryl/α,β-unsaturated/α-hetero) is 1. The Hall–Kier alpha value is -0.970. The average Bonchev–Trinajstić information content (AvgIpc) is 2.39. The van der Waals surface area contributed by atoms with Crippen molar-refractivity contribution >= 4 is 17.4 Å². The highest BCUT2D eigenvalue weighted by atomic mass is 35.5. The van der Waals surface area contributed by atoms with Crippen molar-refractivity contribution in [2.45, 2.75) is 25.4 Å². The van der Waals surface area contributed by atoms with E-state index in [-0.39, 0.29) is 16.4 Å². The van der Waals surface area contributed by atoms with Crippen LogP contribution in [0, 0.1) is 5.82 Å². The van der Waals surface area contributed by atoms with Crippen LogP contribution in [0.25, 0.3) is 0 Å². The first-order valence-electron chi connectivity index (χ1n) is 6.30. The Morgan fingerprint density at radius 3 is 2.74 bits per heavy atom. The Morgan fingerprint density at radius 2 is 2.16 bits per heavy atom. The van der Waals surface area contributed by atoms with Crippen molar-refractivity contribution in [1.82, 2.24) is 0 Å². The largest absolute Gasteiger partial charge is 0.381 e. The average molecular weight is 287 g/mol. The van der Waals surface area contributed by atoms with E-state index in [1.54, 1.807) is 0 Å². The number of ketones is 1. The predicted molar refractivity (Wildman–Crippen MR) is 70.2 cm³/mol. The summed E-state index contributed by atoms with van der Waals surface area (Å²) in [4.78, 5) is 12.6. The molecule has 1 heterocycles. The molecular formula is C14H16ClFO3. The molecule has 3 nitrogen and oxygen atoms in total. The minimum Gasteiger partial charge on any atom is -0.381 e. The molecule has 5 heteroatoms. The van der Waals surface area contributed by atoms with Gasteiger partial charge in [0, 0.05) is 37.7 Å². The van der Waals surface area contributed by atoms with Crippen molar-refractivity contribution in [1.29, 1.82) is 0 Å². The third-order valence-corrected chi connectivity index (χ3v) is 3.55. The van der Waals surface area contributed by atoms with Gasteiger partial charge in [-0.1, -0.05) is 11.6 Å². The molecule has 1 aromatic rings. The summed E-state index contributed by atoms with van der Waals surface area (Å²) in [7, 11) is 0. The fourth-order valence-electron chi connectivity index (χ4n) is 2.33. The molecule has 0 saturated carbocycles. The number of rotatable bonds is 4. The third kappa shape index (κ3) is 2.96. The van der Waals surface area contributed by atoms with Gasteiger partial charge in [0.05, 0.1) is 5.56 Å². The summed E-state index contributed by atoms with van der Waals surface area (Å²) in [6.07, 6.45) is 0.892. The summed E-state index contributed by atoms with van der Waals surface area (Å²) in [5.41, 5.74) is -0.943. The Morgan fingerprint density at radius 1 is 1.47 bits per heavy atom. The fourth-order valence-corrected chi connectivity index (χ4v) is 2.49. The SMILES string of the molecule is CCOC1(C(=O)c2ccc(Cl)cc2F)CCOCC1. The van der Waals surface area contributed by atoms with Crippen LogP contribution in [0.5, 0.6) is 0 Å². The summed E-state index contributed by atoms with van der Waals surface area (Å²) in [5, 5.41) is 0.270. The van der Waals surface area contributed by atoms with E-state index in [2.05, 4.69) is 0 Å². The van der Waals surface area contributed by atoms with Crippen molar-refractivity contribution in [2.24, 2.45) is 0 Å². The molecule has 0 aliphatic carbocycles. The lowest BCUT2D eigenvalue weighted by Crippen LogP contribution is -2.46. The number of carbonyl (C=O) groups excluding carboxylic acids is 1. The molecule has 1 aromatic carbocycles. The number of halogens is 2. The first-order chi connectivity index (χ1) is 9.09. The van der Waals surface area contributed by atoms with Gasteiger partial charge in [0.2, 0.25) is 0 Å². The van der Waals surface area contributed by atoms with E-state index in [9.17, 15) is 9.18 Å². The number of carbonyl (C=O) groups is 1. The normalized spacial score (nSPS) is 18.3. The zero-order chi connectivity index (χ0) is 13.9. The second-order valence-corrected chi connectivity index (χ2v) is 4.93. The van der Waals surface area contributed by atoms with Gasteiger partial charge in [0.1, 0.15) is 11.4 Å². The zero-order valence-electron chi connectivity index (χ0n) is 10.7. The monoisotopic (exact) mass is 286 g/mol. The highest BCUT2D eigenvalue weighted by molar-refractivity contribution is 6.30. The highest BCUT2D eigenvalue weighted by Crippen LogP contribution is 2.30. The quantitative estimate of drug-likeness (QED) is 0.797. The Kier molecular flexibility index (Phi) is 4.55. The van der Waals surface area contributed by atoms with E-state index in [1.807, 2.05) is 6.92 Å². The second kappa shape index (κ2) is 5.99. The van der Waals surface area contributed by atoms with E-state index < -0.39 is 11.4 Å². The van der Waals surface area contributed by atoms with Gasteiger partial charge in [0.25, 0.3) is 0 Å². The summed E-state index contributed by atoms with van der Waals surface area (Å²) < 4.78 is 24.8. The topological polar surface area (TPSA) is 35.5 Å². The smallest absolute Gasteiger partial charge is 0.197 e. The molecule has 0 atom stereocenters. The van der Waals surface area contributed by atoms with E-state index in [1.165, 1.54) is 12.1 Å². The molecule has 1 aliphatic heterocycles. The van der Waals surface area contributed by atoms with Crippen LogP contribution in [-0.2, 0) is 9.47 Å². The molecule has 0 N–H and O–H groups in total. The second-order valence-electron chi connectivity index (χ2n) is 4.49. The molecule has 0 amide bonds. The maximum Gasteiger partial charge on any atom is 0.197 e. The van der Waals surface area contributed by atoms with Crippen molar-refractivity contribution in [3.05, 3.63) is 34.6 Å². The molecule has 2 rings (SSSR count). The van der Waals surface area contributed by atoms with Crippen molar-refractivity contribution < 1.29 is 18.7 Å². The minimum atomic E-state index is -0.971. The van der Waals surface area contributed by atoms with Crippen LogP contribution < -0.4 is 0 Å². The lowest BCUT2D eigenvalue weighted by atomic mass is 9.85. The molecule has 1 aliphatic rings. The molecule has 104 valence electrons. The number of ether oxygens (including phenoxy) is 2. The van der Waals surface area contributed by atoms with Crippen LogP contribution >= 0.6 is 11.6 Å². The summed E-state index contributed by atoms with van der Waals surface area (Å²) >= 11 is 5.70. The standard InChI is InChI=1S/C14H16ClFO3/c1-2-19-14(5-7-18-8-6-14)13(17)11-4-3-10(15)9-12(11)16/h3-4,9H,2,5-8H2,1H3. The number of benzene rings is 1. The Bertz CT molecular complexity index is 464. The third-order valence-electron chi connectivity index (χ3n) is 3.31. The molecule has 1 saturated heterocycles. The molecule has 0 spiro atoms. The van der Waals surface area contributed by atoms with Gasteiger partial charge in [-0.25, -0.2) is 4.39 Å². The van der Waals surface area contributed by atoms with Gasteiger partial charge < -0.3 is 9.47 Å². The maximum atomic E-state index is 13.9. The molecule has 0 unspecified atom stereocenters. The molecule has 19 heavy (non-hydrogen) atoms.